The van der Waals surface area contributed by atoms with Crippen LogP contribution in [0.25, 0.3) is 0 Å². The predicted molar refractivity (Wildman–Crippen MR) is 78.2 cm³/mol. The highest BCUT2D eigenvalue weighted by Gasteiger charge is 2.53. The second-order valence-corrected chi connectivity index (χ2v) is 6.19. The SMILES string of the molecule is CC1=C[C@@H](C)O[C@@]2(C1)C(=O)N(C)c1cccc(Br)c12. The number of carbonyl (C=O) groups excluding carboxylic acids is 1. The van der Waals surface area contributed by atoms with Crippen LogP contribution >= 0.6 is 15.9 Å². The zero-order valence-corrected chi connectivity index (χ0v) is 12.8. The maximum Gasteiger partial charge on any atom is 0.264 e. The Bertz CT molecular complexity index is 596. The van der Waals surface area contributed by atoms with Gasteiger partial charge in [-0.2, -0.15) is 0 Å². The second-order valence-electron chi connectivity index (χ2n) is 5.34. The molecule has 0 fully saturated rings. The first-order valence-corrected chi connectivity index (χ1v) is 7.17. The quantitative estimate of drug-likeness (QED) is 0.686. The summed E-state index contributed by atoms with van der Waals surface area (Å²) in [7, 11) is 1.81. The number of nitrogens with zero attached hydrogens (tertiary/aromatic N) is 1. The molecule has 1 aromatic rings. The summed E-state index contributed by atoms with van der Waals surface area (Å²) in [4.78, 5) is 14.4. The van der Waals surface area contributed by atoms with E-state index in [0.29, 0.717) is 6.42 Å². The van der Waals surface area contributed by atoms with Crippen LogP contribution in [-0.2, 0) is 15.1 Å². The number of benzene rings is 1. The molecule has 0 N–H and O–H groups in total. The highest BCUT2D eigenvalue weighted by molar-refractivity contribution is 9.10. The number of hydrogen-bond donors (Lipinski definition) is 0. The van der Waals surface area contributed by atoms with Gasteiger partial charge < -0.3 is 9.64 Å². The van der Waals surface area contributed by atoms with Gasteiger partial charge in [0.1, 0.15) is 0 Å². The van der Waals surface area contributed by atoms with E-state index < -0.39 is 5.60 Å². The van der Waals surface area contributed by atoms with Crippen molar-refractivity contribution in [3.8, 4) is 0 Å². The summed E-state index contributed by atoms with van der Waals surface area (Å²) in [6.07, 6.45) is 2.65. The van der Waals surface area contributed by atoms with Crippen LogP contribution in [0.4, 0.5) is 5.69 Å². The van der Waals surface area contributed by atoms with Crippen LogP contribution < -0.4 is 4.90 Å². The lowest BCUT2D eigenvalue weighted by molar-refractivity contribution is -0.149. The topological polar surface area (TPSA) is 29.5 Å². The standard InChI is InChI=1S/C15H16BrNO2/c1-9-7-10(2)19-15(8-9)13-11(16)5-4-6-12(13)17(3)14(15)18/h4-7,10H,8H2,1-3H3/t10-,15-/m1/s1. The average molecular weight is 322 g/mol. The molecular formula is C15H16BrNO2. The lowest BCUT2D eigenvalue weighted by Gasteiger charge is -2.35. The van der Waals surface area contributed by atoms with Gasteiger partial charge in [0.25, 0.3) is 5.91 Å². The van der Waals surface area contributed by atoms with E-state index in [4.69, 9.17) is 4.74 Å². The summed E-state index contributed by atoms with van der Waals surface area (Å²) in [5, 5.41) is 0. The molecule has 2 aliphatic heterocycles. The van der Waals surface area contributed by atoms with Crippen LogP contribution in [0.5, 0.6) is 0 Å². The molecule has 0 aromatic heterocycles. The molecule has 0 saturated heterocycles. The Balaban J connectivity index is 2.24. The van der Waals surface area contributed by atoms with Crippen molar-refractivity contribution in [3.05, 3.63) is 39.9 Å². The number of hydrogen-bond acceptors (Lipinski definition) is 2. The van der Waals surface area contributed by atoms with Crippen molar-refractivity contribution >= 4 is 27.5 Å². The minimum Gasteiger partial charge on any atom is -0.353 e. The lowest BCUT2D eigenvalue weighted by Crippen LogP contribution is -2.45. The third kappa shape index (κ3) is 1.70. The molecule has 100 valence electrons. The van der Waals surface area contributed by atoms with E-state index in [1.165, 1.54) is 5.57 Å². The predicted octanol–water partition coefficient (Wildman–Crippen LogP) is 3.38. The van der Waals surface area contributed by atoms with Gasteiger partial charge in [0.2, 0.25) is 0 Å². The number of ether oxygens (including phenoxy) is 1. The van der Waals surface area contributed by atoms with Crippen molar-refractivity contribution in [1.29, 1.82) is 0 Å². The second kappa shape index (κ2) is 4.18. The molecule has 4 heteroatoms. The largest absolute Gasteiger partial charge is 0.353 e. The summed E-state index contributed by atoms with van der Waals surface area (Å²) >= 11 is 3.57. The van der Waals surface area contributed by atoms with Gasteiger partial charge in [-0.3, -0.25) is 4.79 Å². The van der Waals surface area contributed by atoms with Gasteiger partial charge in [-0.05, 0) is 26.0 Å². The Morgan fingerprint density at radius 1 is 1.47 bits per heavy atom. The Morgan fingerprint density at radius 3 is 2.89 bits per heavy atom. The van der Waals surface area contributed by atoms with Gasteiger partial charge in [-0.15, -0.1) is 0 Å². The maximum absolute atomic E-state index is 12.7. The van der Waals surface area contributed by atoms with Crippen LogP contribution in [0.1, 0.15) is 25.8 Å². The molecule has 2 aliphatic rings. The third-order valence-electron chi connectivity index (χ3n) is 3.84. The van der Waals surface area contributed by atoms with Gasteiger partial charge in [-0.1, -0.05) is 33.6 Å². The number of halogens is 1. The van der Waals surface area contributed by atoms with Crippen molar-refractivity contribution in [2.45, 2.75) is 32.0 Å². The average Bonchev–Trinajstić information content (AvgIpc) is 2.52. The summed E-state index contributed by atoms with van der Waals surface area (Å²) in [5.41, 5.74) is 2.23. The molecule has 3 nitrogen and oxygen atoms in total. The number of anilines is 1. The summed E-state index contributed by atoms with van der Waals surface area (Å²) in [6.45, 7) is 4.04. The summed E-state index contributed by atoms with van der Waals surface area (Å²) in [5.74, 6) is 0.0219. The summed E-state index contributed by atoms with van der Waals surface area (Å²) in [6, 6.07) is 5.88. The van der Waals surface area contributed by atoms with Gasteiger partial charge in [-0.25, -0.2) is 0 Å². The molecular weight excluding hydrogens is 306 g/mol. The van der Waals surface area contributed by atoms with E-state index in [2.05, 4.69) is 28.9 Å². The van der Waals surface area contributed by atoms with Crippen molar-refractivity contribution in [3.63, 3.8) is 0 Å². The molecule has 0 saturated carbocycles. The highest BCUT2D eigenvalue weighted by Crippen LogP contribution is 2.50. The van der Waals surface area contributed by atoms with Gasteiger partial charge in [0, 0.05) is 23.5 Å². The van der Waals surface area contributed by atoms with E-state index in [-0.39, 0.29) is 12.0 Å². The smallest absolute Gasteiger partial charge is 0.264 e. The maximum atomic E-state index is 12.7. The molecule has 19 heavy (non-hydrogen) atoms. The van der Waals surface area contributed by atoms with Crippen LogP contribution in [-0.4, -0.2) is 19.1 Å². The van der Waals surface area contributed by atoms with Gasteiger partial charge in [0.05, 0.1) is 11.8 Å². The highest BCUT2D eigenvalue weighted by atomic mass is 79.9. The number of carbonyl (C=O) groups is 1. The first-order valence-electron chi connectivity index (χ1n) is 6.38. The van der Waals surface area contributed by atoms with Crippen molar-refractivity contribution in [2.75, 3.05) is 11.9 Å². The zero-order chi connectivity index (χ0) is 13.8. The molecule has 0 bridgehead atoms. The van der Waals surface area contributed by atoms with Crippen molar-refractivity contribution in [2.24, 2.45) is 0 Å². The molecule has 2 heterocycles. The van der Waals surface area contributed by atoms with E-state index >= 15 is 0 Å². The molecule has 3 rings (SSSR count). The van der Waals surface area contributed by atoms with E-state index in [1.807, 2.05) is 32.2 Å². The Labute approximate surface area is 121 Å². The fourth-order valence-electron chi connectivity index (χ4n) is 3.20. The van der Waals surface area contributed by atoms with Gasteiger partial charge in [0.15, 0.2) is 5.60 Å². The first-order chi connectivity index (χ1) is 8.95. The fourth-order valence-corrected chi connectivity index (χ4v) is 3.87. The molecule has 0 radical (unpaired) electrons. The monoisotopic (exact) mass is 321 g/mol. The van der Waals surface area contributed by atoms with Crippen LogP contribution in [0, 0.1) is 0 Å². The molecule has 2 atom stereocenters. The number of rotatable bonds is 0. The van der Waals surface area contributed by atoms with E-state index in [1.54, 1.807) is 4.90 Å². The van der Waals surface area contributed by atoms with E-state index in [9.17, 15) is 4.79 Å². The Hall–Kier alpha value is -1.13. The summed E-state index contributed by atoms with van der Waals surface area (Å²) < 4.78 is 7.03. The zero-order valence-electron chi connectivity index (χ0n) is 11.2. The number of amides is 1. The van der Waals surface area contributed by atoms with Crippen molar-refractivity contribution in [1.82, 2.24) is 0 Å². The Morgan fingerprint density at radius 2 is 2.21 bits per heavy atom. The molecule has 0 aliphatic carbocycles. The van der Waals surface area contributed by atoms with Crippen molar-refractivity contribution < 1.29 is 9.53 Å². The first kappa shape index (κ1) is 12.9. The minimum atomic E-state index is -0.859. The van der Waals surface area contributed by atoms with Crippen LogP contribution in [0.2, 0.25) is 0 Å². The molecule has 1 amide bonds. The minimum absolute atomic E-state index is 0.0219. The lowest BCUT2D eigenvalue weighted by atomic mass is 9.85. The number of likely N-dealkylation sites (N-methyl/N-ethyl adjacent to an activating group) is 1. The molecule has 0 unspecified atom stereocenters. The van der Waals surface area contributed by atoms with Crippen LogP contribution in [0.3, 0.4) is 0 Å². The third-order valence-corrected chi connectivity index (χ3v) is 4.50. The normalized spacial score (nSPS) is 29.7. The fraction of sp³-hybridized carbons (Fsp3) is 0.400. The van der Waals surface area contributed by atoms with Gasteiger partial charge >= 0.3 is 0 Å². The van der Waals surface area contributed by atoms with Crippen LogP contribution in [0.15, 0.2) is 34.3 Å². The Kier molecular flexibility index (Phi) is 2.84. The number of fused-ring (bicyclic) bond motifs is 2. The van der Waals surface area contributed by atoms with E-state index in [0.717, 1.165) is 15.7 Å². The molecule has 1 spiro atoms. The molecule has 1 aromatic carbocycles.